The zero-order valence-electron chi connectivity index (χ0n) is 19.8. The topological polar surface area (TPSA) is 26.9 Å². The van der Waals surface area contributed by atoms with Crippen molar-refractivity contribution < 1.29 is 0 Å². The summed E-state index contributed by atoms with van der Waals surface area (Å²) in [5, 5.41) is 0. The van der Waals surface area contributed by atoms with Gasteiger partial charge in [0.2, 0.25) is 0 Å². The molecule has 0 bridgehead atoms. The molecule has 0 saturated heterocycles. The van der Waals surface area contributed by atoms with E-state index in [0.717, 1.165) is 37.0 Å². The summed E-state index contributed by atoms with van der Waals surface area (Å²) in [6.45, 7) is 6.25. The number of fused-ring (bicyclic) bond motifs is 1. The first kappa shape index (κ1) is 24.8. The van der Waals surface area contributed by atoms with Gasteiger partial charge in [-0.05, 0) is 25.0 Å². The van der Waals surface area contributed by atoms with Crippen molar-refractivity contribution in [3.63, 3.8) is 0 Å². The molecule has 0 aliphatic heterocycles. The summed E-state index contributed by atoms with van der Waals surface area (Å²) in [6.07, 6.45) is 20.8. The number of hydrogen-bond donors (Lipinski definition) is 0. The van der Waals surface area contributed by atoms with Crippen LogP contribution in [0.25, 0.3) is 11.0 Å². The number of imidazole rings is 1. The van der Waals surface area contributed by atoms with Crippen LogP contribution in [0.15, 0.2) is 29.1 Å². The lowest BCUT2D eigenvalue weighted by molar-refractivity contribution is 0.520. The van der Waals surface area contributed by atoms with E-state index in [2.05, 4.69) is 38.1 Å². The smallest absolute Gasteiger partial charge is 0.292 e. The first-order valence-electron chi connectivity index (χ1n) is 13.0. The van der Waals surface area contributed by atoms with Crippen LogP contribution >= 0.6 is 0 Å². The standard InChI is InChI=1S/C27H46N2O/c1-3-5-7-9-11-13-15-19-23-28-25-21-17-18-22-26(25)29(27(28)30)24-20-16-14-12-10-8-6-4-2/h17-18,21-22H,3-16,19-20,23-24H2,1-2H3. The van der Waals surface area contributed by atoms with Gasteiger partial charge >= 0.3 is 5.69 Å². The van der Waals surface area contributed by atoms with E-state index < -0.39 is 0 Å². The van der Waals surface area contributed by atoms with E-state index in [1.165, 1.54) is 89.9 Å². The van der Waals surface area contributed by atoms with E-state index in [9.17, 15) is 4.79 Å². The number of benzene rings is 1. The number of para-hydroxylation sites is 2. The zero-order valence-corrected chi connectivity index (χ0v) is 19.8. The maximum absolute atomic E-state index is 13.1. The van der Waals surface area contributed by atoms with Crippen LogP contribution in [0.1, 0.15) is 117 Å². The van der Waals surface area contributed by atoms with Gasteiger partial charge in [-0.15, -0.1) is 0 Å². The summed E-state index contributed by atoms with van der Waals surface area (Å²) in [5.41, 5.74) is 2.43. The summed E-state index contributed by atoms with van der Waals surface area (Å²) in [5.74, 6) is 0. The van der Waals surface area contributed by atoms with Gasteiger partial charge in [-0.25, -0.2) is 4.79 Å². The van der Waals surface area contributed by atoms with E-state index >= 15 is 0 Å². The van der Waals surface area contributed by atoms with Gasteiger partial charge in [0.25, 0.3) is 0 Å². The molecule has 0 saturated carbocycles. The molecule has 0 spiro atoms. The molecule has 30 heavy (non-hydrogen) atoms. The maximum Gasteiger partial charge on any atom is 0.329 e. The molecule has 0 aliphatic rings. The molecule has 0 radical (unpaired) electrons. The Hall–Kier alpha value is -1.51. The number of rotatable bonds is 18. The Morgan fingerprint density at radius 3 is 1.23 bits per heavy atom. The molecule has 2 aromatic rings. The van der Waals surface area contributed by atoms with Crippen LogP contribution in [0.4, 0.5) is 0 Å². The van der Waals surface area contributed by atoms with Crippen LogP contribution in [0.5, 0.6) is 0 Å². The predicted octanol–water partition coefficient (Wildman–Crippen LogP) is 8.08. The van der Waals surface area contributed by atoms with Crippen molar-refractivity contribution in [2.24, 2.45) is 0 Å². The quantitative estimate of drug-likeness (QED) is 0.226. The molecule has 0 N–H and O–H groups in total. The third-order valence-electron chi connectivity index (χ3n) is 6.40. The van der Waals surface area contributed by atoms with Gasteiger partial charge in [-0.2, -0.15) is 0 Å². The largest absolute Gasteiger partial charge is 0.329 e. The fourth-order valence-electron chi connectivity index (χ4n) is 4.51. The van der Waals surface area contributed by atoms with Gasteiger partial charge in [0.15, 0.2) is 0 Å². The molecule has 0 fully saturated rings. The molecular weight excluding hydrogens is 368 g/mol. The van der Waals surface area contributed by atoms with Gasteiger partial charge in [0, 0.05) is 13.1 Å². The van der Waals surface area contributed by atoms with Gasteiger partial charge in [0.05, 0.1) is 11.0 Å². The van der Waals surface area contributed by atoms with Crippen LogP contribution in [0.2, 0.25) is 0 Å². The van der Waals surface area contributed by atoms with E-state index in [-0.39, 0.29) is 5.69 Å². The summed E-state index contributed by atoms with van der Waals surface area (Å²) in [7, 11) is 0. The maximum atomic E-state index is 13.1. The first-order chi connectivity index (χ1) is 14.8. The fraction of sp³-hybridized carbons (Fsp3) is 0.741. The first-order valence-corrected chi connectivity index (χ1v) is 13.0. The molecule has 1 heterocycles. The van der Waals surface area contributed by atoms with Crippen molar-refractivity contribution in [2.45, 2.75) is 130 Å². The monoisotopic (exact) mass is 414 g/mol. The molecule has 3 heteroatoms. The lowest BCUT2D eigenvalue weighted by atomic mass is 10.1. The van der Waals surface area contributed by atoms with Crippen molar-refractivity contribution in [3.8, 4) is 0 Å². The minimum Gasteiger partial charge on any atom is -0.292 e. The van der Waals surface area contributed by atoms with E-state index in [1.54, 1.807) is 0 Å². The van der Waals surface area contributed by atoms with Crippen LogP contribution in [0.3, 0.4) is 0 Å². The highest BCUT2D eigenvalue weighted by Crippen LogP contribution is 2.16. The normalized spacial score (nSPS) is 11.5. The van der Waals surface area contributed by atoms with Crippen molar-refractivity contribution in [3.05, 3.63) is 34.7 Å². The van der Waals surface area contributed by atoms with Crippen molar-refractivity contribution in [1.29, 1.82) is 0 Å². The van der Waals surface area contributed by atoms with Crippen LogP contribution in [0, 0.1) is 0 Å². The third kappa shape index (κ3) is 8.32. The van der Waals surface area contributed by atoms with E-state index in [1.807, 2.05) is 9.13 Å². The minimum absolute atomic E-state index is 0.196. The molecule has 0 atom stereocenters. The Morgan fingerprint density at radius 2 is 0.867 bits per heavy atom. The zero-order chi connectivity index (χ0) is 21.4. The summed E-state index contributed by atoms with van der Waals surface area (Å²) < 4.78 is 4.05. The lowest BCUT2D eigenvalue weighted by Crippen LogP contribution is -2.24. The molecule has 0 amide bonds. The molecule has 1 aromatic heterocycles. The number of aryl methyl sites for hydroxylation is 2. The van der Waals surface area contributed by atoms with Gasteiger partial charge in [-0.1, -0.05) is 116 Å². The highest BCUT2D eigenvalue weighted by molar-refractivity contribution is 5.75. The van der Waals surface area contributed by atoms with Crippen LogP contribution in [-0.4, -0.2) is 9.13 Å². The molecule has 1 aromatic carbocycles. The molecule has 0 unspecified atom stereocenters. The highest BCUT2D eigenvalue weighted by Gasteiger charge is 2.12. The number of hydrogen-bond acceptors (Lipinski definition) is 1. The van der Waals surface area contributed by atoms with Gasteiger partial charge in [-0.3, -0.25) is 9.13 Å². The number of unbranched alkanes of at least 4 members (excludes halogenated alkanes) is 14. The molecule has 0 aliphatic carbocycles. The average molecular weight is 415 g/mol. The van der Waals surface area contributed by atoms with Crippen LogP contribution in [-0.2, 0) is 13.1 Å². The molecule has 170 valence electrons. The second kappa shape index (κ2) is 15.3. The Morgan fingerprint density at radius 1 is 0.533 bits per heavy atom. The molecule has 3 nitrogen and oxygen atoms in total. The Kier molecular flexibility index (Phi) is 12.6. The second-order valence-electron chi connectivity index (χ2n) is 9.02. The third-order valence-corrected chi connectivity index (χ3v) is 6.40. The Balaban J connectivity index is 1.80. The number of nitrogens with zero attached hydrogens (tertiary/aromatic N) is 2. The van der Waals surface area contributed by atoms with Crippen LogP contribution < -0.4 is 5.69 Å². The van der Waals surface area contributed by atoms with E-state index in [0.29, 0.717) is 0 Å². The highest BCUT2D eigenvalue weighted by atomic mass is 16.1. The second-order valence-corrected chi connectivity index (χ2v) is 9.02. The summed E-state index contributed by atoms with van der Waals surface area (Å²) in [4.78, 5) is 13.1. The van der Waals surface area contributed by atoms with Crippen molar-refractivity contribution in [2.75, 3.05) is 0 Å². The Labute approximate surface area is 184 Å². The Bertz CT molecular complexity index is 683. The van der Waals surface area contributed by atoms with Gasteiger partial charge in [0.1, 0.15) is 0 Å². The summed E-state index contributed by atoms with van der Waals surface area (Å²) in [6, 6.07) is 8.36. The molecule has 2 rings (SSSR count). The van der Waals surface area contributed by atoms with Crippen molar-refractivity contribution >= 4 is 11.0 Å². The lowest BCUT2D eigenvalue weighted by Gasteiger charge is -2.04. The number of aromatic nitrogens is 2. The summed E-state index contributed by atoms with van der Waals surface area (Å²) >= 11 is 0. The SMILES string of the molecule is CCCCCCCCCCn1c(=O)n(CCCCCCCCCC)c2ccccc21. The molecular formula is C27H46N2O. The fourth-order valence-corrected chi connectivity index (χ4v) is 4.51. The predicted molar refractivity (Wildman–Crippen MR) is 131 cm³/mol. The van der Waals surface area contributed by atoms with Gasteiger partial charge < -0.3 is 0 Å². The van der Waals surface area contributed by atoms with Crippen molar-refractivity contribution in [1.82, 2.24) is 9.13 Å². The van der Waals surface area contributed by atoms with E-state index in [4.69, 9.17) is 0 Å². The minimum atomic E-state index is 0.196. The average Bonchev–Trinajstić information content (AvgIpc) is 3.03.